The summed E-state index contributed by atoms with van der Waals surface area (Å²) in [7, 11) is 0. The van der Waals surface area contributed by atoms with Crippen molar-refractivity contribution in [3.05, 3.63) is 59.6 Å². The van der Waals surface area contributed by atoms with Crippen molar-refractivity contribution in [3.8, 4) is 11.3 Å². The first kappa shape index (κ1) is 16.4. The second-order valence-electron chi connectivity index (χ2n) is 6.43. The molecule has 7 nitrogen and oxygen atoms in total. The van der Waals surface area contributed by atoms with Crippen molar-refractivity contribution in [1.29, 1.82) is 0 Å². The highest BCUT2D eigenvalue weighted by Gasteiger charge is 2.32. The number of nitrogens with zero attached hydrogens (tertiary/aromatic N) is 5. The largest absolute Gasteiger partial charge is 0.361 e. The van der Waals surface area contributed by atoms with Crippen molar-refractivity contribution in [2.24, 2.45) is 0 Å². The van der Waals surface area contributed by atoms with E-state index in [1.807, 2.05) is 18.7 Å². The van der Waals surface area contributed by atoms with E-state index in [4.69, 9.17) is 9.51 Å². The number of likely N-dealkylation sites (tertiary alicyclic amines) is 1. The maximum atomic E-state index is 12.9. The minimum absolute atomic E-state index is 0.0230. The van der Waals surface area contributed by atoms with Crippen molar-refractivity contribution >= 4 is 5.91 Å². The van der Waals surface area contributed by atoms with Crippen LogP contribution in [0.2, 0.25) is 0 Å². The molecule has 26 heavy (non-hydrogen) atoms. The van der Waals surface area contributed by atoms with Crippen LogP contribution in [0.1, 0.15) is 46.4 Å². The standard InChI is InChI=1S/C19H19N5O2/c1-12-18(13(2)26-23-12)16-11-21-10-15(22-16)17-6-4-8-24(17)19(25)14-5-3-7-20-9-14/h3,5,7,9-11,17H,4,6,8H2,1-2H3/t17-/m0/s1. The summed E-state index contributed by atoms with van der Waals surface area (Å²) in [4.78, 5) is 27.9. The van der Waals surface area contributed by atoms with Gasteiger partial charge in [-0.3, -0.25) is 14.8 Å². The van der Waals surface area contributed by atoms with E-state index in [0.717, 1.165) is 35.5 Å². The average molecular weight is 349 g/mol. The van der Waals surface area contributed by atoms with Gasteiger partial charge in [-0.15, -0.1) is 0 Å². The number of rotatable bonds is 3. The molecule has 1 saturated heterocycles. The molecule has 0 N–H and O–H groups in total. The molecule has 0 aromatic carbocycles. The van der Waals surface area contributed by atoms with Gasteiger partial charge < -0.3 is 9.42 Å². The lowest BCUT2D eigenvalue weighted by Gasteiger charge is -2.24. The van der Waals surface area contributed by atoms with Gasteiger partial charge in [0.25, 0.3) is 5.91 Å². The molecule has 4 heterocycles. The van der Waals surface area contributed by atoms with E-state index in [-0.39, 0.29) is 11.9 Å². The Labute approximate surface area is 151 Å². The SMILES string of the molecule is Cc1noc(C)c1-c1cncc([C@@H]2CCCN2C(=O)c2cccnc2)n1. The molecule has 0 bridgehead atoms. The Balaban J connectivity index is 1.67. The van der Waals surface area contributed by atoms with Crippen LogP contribution in [0.5, 0.6) is 0 Å². The van der Waals surface area contributed by atoms with Crippen LogP contribution in [0.15, 0.2) is 41.4 Å². The van der Waals surface area contributed by atoms with E-state index in [9.17, 15) is 4.79 Å². The fourth-order valence-corrected chi connectivity index (χ4v) is 3.48. The van der Waals surface area contributed by atoms with Crippen LogP contribution < -0.4 is 0 Å². The lowest BCUT2D eigenvalue weighted by molar-refractivity contribution is 0.0732. The van der Waals surface area contributed by atoms with E-state index in [0.29, 0.717) is 17.9 Å². The molecule has 0 aliphatic carbocycles. The predicted molar refractivity (Wildman–Crippen MR) is 94.3 cm³/mol. The smallest absolute Gasteiger partial charge is 0.255 e. The van der Waals surface area contributed by atoms with E-state index in [2.05, 4.69) is 15.1 Å². The molecule has 4 rings (SSSR count). The molecule has 3 aromatic heterocycles. The van der Waals surface area contributed by atoms with Crippen molar-refractivity contribution in [2.75, 3.05) is 6.54 Å². The lowest BCUT2D eigenvalue weighted by Crippen LogP contribution is -2.31. The first-order chi connectivity index (χ1) is 12.6. The van der Waals surface area contributed by atoms with Crippen LogP contribution in [-0.4, -0.2) is 37.5 Å². The molecule has 7 heteroatoms. The normalized spacial score (nSPS) is 16.8. The summed E-state index contributed by atoms with van der Waals surface area (Å²) in [5.41, 5.74) is 3.75. The Morgan fingerprint density at radius 1 is 1.23 bits per heavy atom. The van der Waals surface area contributed by atoms with Gasteiger partial charge in [-0.2, -0.15) is 0 Å². The summed E-state index contributed by atoms with van der Waals surface area (Å²) in [6, 6.07) is 3.47. The molecule has 1 aliphatic rings. The average Bonchev–Trinajstić information content (AvgIpc) is 3.29. The van der Waals surface area contributed by atoms with Gasteiger partial charge in [0, 0.05) is 18.9 Å². The number of aromatic nitrogens is 4. The second-order valence-corrected chi connectivity index (χ2v) is 6.43. The zero-order chi connectivity index (χ0) is 18.1. The van der Waals surface area contributed by atoms with Gasteiger partial charge in [-0.25, -0.2) is 4.98 Å². The van der Waals surface area contributed by atoms with Crippen LogP contribution >= 0.6 is 0 Å². The zero-order valence-electron chi connectivity index (χ0n) is 14.7. The van der Waals surface area contributed by atoms with Gasteiger partial charge in [0.2, 0.25) is 0 Å². The molecule has 3 aromatic rings. The van der Waals surface area contributed by atoms with Gasteiger partial charge in [-0.05, 0) is 38.8 Å². The topological polar surface area (TPSA) is 85.0 Å². The molecule has 0 saturated carbocycles. The predicted octanol–water partition coefficient (Wildman–Crippen LogP) is 3.12. The van der Waals surface area contributed by atoms with Crippen molar-refractivity contribution in [1.82, 2.24) is 25.0 Å². The number of pyridine rings is 1. The molecule has 1 atom stereocenters. The number of hydrogen-bond donors (Lipinski definition) is 0. The molecule has 0 radical (unpaired) electrons. The summed E-state index contributed by atoms with van der Waals surface area (Å²) >= 11 is 0. The highest BCUT2D eigenvalue weighted by molar-refractivity contribution is 5.94. The van der Waals surface area contributed by atoms with E-state index in [1.54, 1.807) is 36.9 Å². The number of carbonyl (C=O) groups excluding carboxylic acids is 1. The Morgan fingerprint density at radius 2 is 2.12 bits per heavy atom. The minimum Gasteiger partial charge on any atom is -0.361 e. The van der Waals surface area contributed by atoms with Crippen LogP contribution in [-0.2, 0) is 0 Å². The van der Waals surface area contributed by atoms with E-state index >= 15 is 0 Å². The summed E-state index contributed by atoms with van der Waals surface area (Å²) in [5, 5.41) is 3.99. The molecule has 0 spiro atoms. The van der Waals surface area contributed by atoms with Gasteiger partial charge in [-0.1, -0.05) is 5.16 Å². The Bertz CT molecular complexity index is 919. The van der Waals surface area contributed by atoms with Crippen molar-refractivity contribution in [2.45, 2.75) is 32.7 Å². The van der Waals surface area contributed by atoms with E-state index in [1.165, 1.54) is 0 Å². The second kappa shape index (κ2) is 6.67. The molecular weight excluding hydrogens is 330 g/mol. The summed E-state index contributed by atoms with van der Waals surface area (Å²) in [5.74, 6) is 0.689. The highest BCUT2D eigenvalue weighted by Crippen LogP contribution is 2.33. The molecule has 1 aliphatic heterocycles. The first-order valence-electron chi connectivity index (χ1n) is 8.61. The fourth-order valence-electron chi connectivity index (χ4n) is 3.48. The highest BCUT2D eigenvalue weighted by atomic mass is 16.5. The molecule has 132 valence electrons. The Kier molecular flexibility index (Phi) is 4.20. The van der Waals surface area contributed by atoms with Crippen molar-refractivity contribution in [3.63, 3.8) is 0 Å². The maximum Gasteiger partial charge on any atom is 0.255 e. The van der Waals surface area contributed by atoms with Crippen LogP contribution in [0.4, 0.5) is 0 Å². The quantitative estimate of drug-likeness (QED) is 0.722. The minimum atomic E-state index is -0.0874. The summed E-state index contributed by atoms with van der Waals surface area (Å²) in [6.45, 7) is 4.45. The van der Waals surface area contributed by atoms with Crippen LogP contribution in [0, 0.1) is 13.8 Å². The van der Waals surface area contributed by atoms with E-state index < -0.39 is 0 Å². The van der Waals surface area contributed by atoms with Crippen LogP contribution in [0.3, 0.4) is 0 Å². The molecular formula is C19H19N5O2. The Hall–Kier alpha value is -3.09. The summed E-state index contributed by atoms with van der Waals surface area (Å²) < 4.78 is 5.24. The van der Waals surface area contributed by atoms with Crippen molar-refractivity contribution < 1.29 is 9.32 Å². The lowest BCUT2D eigenvalue weighted by atomic mass is 10.1. The molecule has 0 unspecified atom stereocenters. The monoisotopic (exact) mass is 349 g/mol. The van der Waals surface area contributed by atoms with Gasteiger partial charge in [0.1, 0.15) is 5.76 Å². The zero-order valence-corrected chi connectivity index (χ0v) is 14.7. The third kappa shape index (κ3) is 2.85. The summed E-state index contributed by atoms with van der Waals surface area (Å²) in [6.07, 6.45) is 8.51. The molecule has 1 fully saturated rings. The third-order valence-electron chi connectivity index (χ3n) is 4.71. The first-order valence-corrected chi connectivity index (χ1v) is 8.61. The number of carbonyl (C=O) groups is 1. The maximum absolute atomic E-state index is 12.9. The number of aryl methyl sites for hydroxylation is 2. The van der Waals surface area contributed by atoms with Gasteiger partial charge >= 0.3 is 0 Å². The van der Waals surface area contributed by atoms with Crippen LogP contribution in [0.25, 0.3) is 11.3 Å². The fraction of sp³-hybridized carbons (Fsp3) is 0.316. The van der Waals surface area contributed by atoms with Gasteiger partial charge in [0.05, 0.1) is 46.6 Å². The molecule has 1 amide bonds. The Morgan fingerprint density at radius 3 is 2.85 bits per heavy atom. The number of amides is 1. The third-order valence-corrected chi connectivity index (χ3v) is 4.71. The number of hydrogen-bond acceptors (Lipinski definition) is 6. The van der Waals surface area contributed by atoms with Gasteiger partial charge in [0.15, 0.2) is 0 Å².